The summed E-state index contributed by atoms with van der Waals surface area (Å²) in [6, 6.07) is 0. The van der Waals surface area contributed by atoms with Crippen LogP contribution >= 0.6 is 15.9 Å². The molecule has 0 aromatic carbocycles. The molecule has 0 unspecified atom stereocenters. The molecule has 3 atom stereocenters. The molecule has 1 aliphatic carbocycles. The summed E-state index contributed by atoms with van der Waals surface area (Å²) in [6.07, 6.45) is 1.02. The van der Waals surface area contributed by atoms with Crippen molar-refractivity contribution in [1.29, 1.82) is 0 Å². The van der Waals surface area contributed by atoms with Crippen LogP contribution in [-0.4, -0.2) is 42.4 Å². The summed E-state index contributed by atoms with van der Waals surface area (Å²) in [5.41, 5.74) is -0.645. The van der Waals surface area contributed by atoms with E-state index in [1.54, 1.807) is 6.08 Å². The number of hydrogen-bond acceptors (Lipinski definition) is 6. The first-order chi connectivity index (χ1) is 8.07. The first-order valence-electron chi connectivity index (χ1n) is 4.99. The fourth-order valence-electron chi connectivity index (χ4n) is 2.11. The van der Waals surface area contributed by atoms with Gasteiger partial charge in [-0.2, -0.15) is 0 Å². The Morgan fingerprint density at radius 1 is 1.71 bits per heavy atom. The maximum Gasteiger partial charge on any atom is 0.356 e. The normalized spacial score (nSPS) is 38.1. The number of carbonyl (C=O) groups excluding carboxylic acids is 2. The van der Waals surface area contributed by atoms with E-state index in [9.17, 15) is 9.59 Å². The zero-order chi connectivity index (χ0) is 12.2. The van der Waals surface area contributed by atoms with Gasteiger partial charge in [0.15, 0.2) is 17.4 Å². The number of ketones is 1. The van der Waals surface area contributed by atoms with E-state index in [1.165, 1.54) is 7.11 Å². The summed E-state index contributed by atoms with van der Waals surface area (Å²) in [5.74, 6) is -0.628. The van der Waals surface area contributed by atoms with Gasteiger partial charge in [0, 0.05) is 6.42 Å². The monoisotopic (exact) mass is 301 g/mol. The lowest BCUT2D eigenvalue weighted by Crippen LogP contribution is -2.40. The predicted octanol–water partition coefficient (Wildman–Crippen LogP) is 0.303. The average Bonchev–Trinajstić information content (AvgIpc) is 3.03. The third kappa shape index (κ3) is 1.45. The summed E-state index contributed by atoms with van der Waals surface area (Å²) in [7, 11) is 1.28. The number of methoxy groups -OCH3 is 1. The second-order valence-corrected chi connectivity index (χ2v) is 4.94. The Hall–Kier alpha value is -1.21. The van der Waals surface area contributed by atoms with Gasteiger partial charge in [0.1, 0.15) is 6.10 Å². The van der Waals surface area contributed by atoms with Crippen LogP contribution in [0.3, 0.4) is 0 Å². The number of Topliss-reactive ketones (excluding diaryl/α,β-unsaturated/α-hetero) is 1. The molecule has 0 N–H and O–H groups in total. The van der Waals surface area contributed by atoms with Gasteiger partial charge in [-0.05, 0) is 22.0 Å². The van der Waals surface area contributed by atoms with Crippen LogP contribution < -0.4 is 0 Å². The van der Waals surface area contributed by atoms with E-state index in [-0.39, 0.29) is 24.0 Å². The first-order valence-corrected chi connectivity index (χ1v) is 5.78. The summed E-state index contributed by atoms with van der Waals surface area (Å²) < 4.78 is 10.3. The molecule has 0 aromatic heterocycles. The fourth-order valence-corrected chi connectivity index (χ4v) is 2.72. The predicted molar refractivity (Wildman–Crippen MR) is 58.6 cm³/mol. The molecule has 6 nitrogen and oxygen atoms in total. The quantitative estimate of drug-likeness (QED) is 0.514. The smallest absolute Gasteiger partial charge is 0.356 e. The molecule has 0 saturated carbocycles. The van der Waals surface area contributed by atoms with E-state index in [1.807, 2.05) is 0 Å². The molecule has 2 heterocycles. The zero-order valence-electron chi connectivity index (χ0n) is 8.81. The van der Waals surface area contributed by atoms with Crippen LogP contribution in [0.15, 0.2) is 15.7 Å². The Morgan fingerprint density at radius 3 is 3.18 bits per heavy atom. The summed E-state index contributed by atoms with van der Waals surface area (Å²) in [4.78, 5) is 28.2. The molecular weight excluding hydrogens is 294 g/mol. The van der Waals surface area contributed by atoms with E-state index in [2.05, 4.69) is 25.8 Å². The number of hydrogen-bond donors (Lipinski definition) is 0. The van der Waals surface area contributed by atoms with Crippen LogP contribution in [0.5, 0.6) is 0 Å². The molecule has 17 heavy (non-hydrogen) atoms. The van der Waals surface area contributed by atoms with Gasteiger partial charge in [0.2, 0.25) is 5.78 Å². The molecule has 2 aliphatic heterocycles. The molecule has 1 fully saturated rings. The Balaban J connectivity index is 1.87. The molecular formula is C10H8BrNO5. The number of epoxide rings is 1. The molecule has 1 spiro atoms. The lowest BCUT2D eigenvalue weighted by molar-refractivity contribution is -0.132. The van der Waals surface area contributed by atoms with E-state index in [0.717, 1.165) is 0 Å². The van der Waals surface area contributed by atoms with Crippen molar-refractivity contribution < 1.29 is 23.9 Å². The third-order valence-electron chi connectivity index (χ3n) is 3.03. The molecule has 7 heteroatoms. The highest BCUT2D eigenvalue weighted by molar-refractivity contribution is 9.12. The summed E-state index contributed by atoms with van der Waals surface area (Å²) in [6.45, 7) is 0. The highest BCUT2D eigenvalue weighted by Crippen LogP contribution is 2.47. The molecule has 1 saturated heterocycles. The minimum absolute atomic E-state index is 0.101. The summed E-state index contributed by atoms with van der Waals surface area (Å²) >= 11 is 3.16. The second-order valence-electron chi connectivity index (χ2n) is 4.09. The lowest BCUT2D eigenvalue weighted by Gasteiger charge is -2.23. The molecule has 0 amide bonds. The van der Waals surface area contributed by atoms with E-state index in [4.69, 9.17) is 9.57 Å². The van der Waals surface area contributed by atoms with Gasteiger partial charge in [-0.15, -0.1) is 0 Å². The van der Waals surface area contributed by atoms with E-state index < -0.39 is 17.7 Å². The van der Waals surface area contributed by atoms with Gasteiger partial charge in [0.25, 0.3) is 0 Å². The number of halogens is 1. The number of nitrogens with zero attached hydrogens (tertiary/aromatic N) is 1. The van der Waals surface area contributed by atoms with Gasteiger partial charge in [-0.1, -0.05) is 5.16 Å². The van der Waals surface area contributed by atoms with Crippen molar-refractivity contribution in [3.63, 3.8) is 0 Å². The first kappa shape index (κ1) is 10.9. The van der Waals surface area contributed by atoms with Crippen molar-refractivity contribution in [2.75, 3.05) is 7.11 Å². The highest BCUT2D eigenvalue weighted by Gasteiger charge is 2.65. The maximum atomic E-state index is 11.6. The standard InChI is InChI=1S/C10H8BrNO5/c1-15-9(14)5-3-10(17-12-5)2-4(11)6(13)7-8(10)16-7/h2,7-8H,3H2,1H3/t7-,8-,10+/m1/s1. The fraction of sp³-hybridized carbons (Fsp3) is 0.500. The maximum absolute atomic E-state index is 11.6. The van der Waals surface area contributed by atoms with Gasteiger partial charge >= 0.3 is 5.97 Å². The lowest BCUT2D eigenvalue weighted by atomic mass is 9.86. The van der Waals surface area contributed by atoms with Crippen molar-refractivity contribution in [2.24, 2.45) is 5.16 Å². The number of fused-ring (bicyclic) bond motifs is 2. The topological polar surface area (TPSA) is 77.5 Å². The van der Waals surface area contributed by atoms with Gasteiger partial charge in [-0.25, -0.2) is 4.79 Å². The second kappa shape index (κ2) is 3.39. The van der Waals surface area contributed by atoms with Crippen LogP contribution in [0.4, 0.5) is 0 Å². The minimum atomic E-state index is -0.846. The number of rotatable bonds is 1. The Bertz CT molecular complexity index is 485. The van der Waals surface area contributed by atoms with E-state index in [0.29, 0.717) is 4.48 Å². The Labute approximate surface area is 105 Å². The van der Waals surface area contributed by atoms with Crippen molar-refractivity contribution in [2.45, 2.75) is 24.2 Å². The molecule has 3 aliphatic rings. The third-order valence-corrected chi connectivity index (χ3v) is 3.65. The molecule has 0 aromatic rings. The van der Waals surface area contributed by atoms with Crippen LogP contribution in [0.2, 0.25) is 0 Å². The van der Waals surface area contributed by atoms with Crippen molar-refractivity contribution >= 4 is 33.4 Å². The van der Waals surface area contributed by atoms with Crippen LogP contribution in [-0.2, 0) is 23.9 Å². The number of esters is 1. The summed E-state index contributed by atoms with van der Waals surface area (Å²) in [5, 5.41) is 3.71. The van der Waals surface area contributed by atoms with Crippen molar-refractivity contribution in [3.8, 4) is 0 Å². The highest BCUT2D eigenvalue weighted by atomic mass is 79.9. The number of ether oxygens (including phenoxy) is 2. The Kier molecular flexibility index (Phi) is 2.18. The molecule has 90 valence electrons. The Morgan fingerprint density at radius 2 is 2.47 bits per heavy atom. The van der Waals surface area contributed by atoms with Crippen molar-refractivity contribution in [1.82, 2.24) is 0 Å². The van der Waals surface area contributed by atoms with Crippen LogP contribution in [0.25, 0.3) is 0 Å². The SMILES string of the molecule is COC(=O)C1=NO[C@@]2(C=C(Br)C(=O)[C@H]3O[C@H]32)C1. The average molecular weight is 302 g/mol. The van der Waals surface area contributed by atoms with Crippen molar-refractivity contribution in [3.05, 3.63) is 10.6 Å². The molecule has 3 rings (SSSR count). The molecule has 0 bridgehead atoms. The van der Waals surface area contributed by atoms with Gasteiger partial charge in [0.05, 0.1) is 11.6 Å². The minimum Gasteiger partial charge on any atom is -0.464 e. The number of carbonyl (C=O) groups is 2. The zero-order valence-corrected chi connectivity index (χ0v) is 10.4. The largest absolute Gasteiger partial charge is 0.464 e. The van der Waals surface area contributed by atoms with Crippen LogP contribution in [0, 0.1) is 0 Å². The van der Waals surface area contributed by atoms with Gasteiger partial charge < -0.3 is 14.3 Å². The molecule has 0 radical (unpaired) electrons. The number of oxime groups is 1. The van der Waals surface area contributed by atoms with Gasteiger partial charge in [-0.3, -0.25) is 4.79 Å². The van der Waals surface area contributed by atoms with E-state index >= 15 is 0 Å². The van der Waals surface area contributed by atoms with Crippen LogP contribution in [0.1, 0.15) is 6.42 Å².